The second-order valence-corrected chi connectivity index (χ2v) is 6.20. The fraction of sp³-hybridized carbons (Fsp3) is 0.105. The molecule has 0 aliphatic carbocycles. The zero-order valence-corrected chi connectivity index (χ0v) is 13.1. The molecule has 3 aromatic rings. The molecule has 0 saturated carbocycles. The van der Waals surface area contributed by atoms with Gasteiger partial charge in [-0.05, 0) is 36.2 Å². The van der Waals surface area contributed by atoms with Crippen LogP contribution in [0.2, 0.25) is 0 Å². The Kier molecular flexibility index (Phi) is 4.56. The van der Waals surface area contributed by atoms with Crippen molar-refractivity contribution >= 4 is 11.8 Å². The van der Waals surface area contributed by atoms with E-state index in [9.17, 15) is 5.11 Å². The van der Waals surface area contributed by atoms with E-state index in [4.69, 9.17) is 0 Å². The van der Waals surface area contributed by atoms with Crippen LogP contribution < -0.4 is 0 Å². The summed E-state index contributed by atoms with van der Waals surface area (Å²) in [6.45, 7) is 2.01. The van der Waals surface area contributed by atoms with Gasteiger partial charge in [0, 0.05) is 16.7 Å². The van der Waals surface area contributed by atoms with E-state index in [1.54, 1.807) is 18.0 Å². The Morgan fingerprint density at radius 2 is 1.59 bits per heavy atom. The SMILES string of the molecule is Cc1cc(Sc2ccccc2)ncc1C(O)c1ccccc1. The summed E-state index contributed by atoms with van der Waals surface area (Å²) in [5, 5.41) is 11.4. The Morgan fingerprint density at radius 3 is 2.23 bits per heavy atom. The summed E-state index contributed by atoms with van der Waals surface area (Å²) in [4.78, 5) is 5.64. The Balaban J connectivity index is 1.83. The zero-order chi connectivity index (χ0) is 15.4. The van der Waals surface area contributed by atoms with Crippen molar-refractivity contribution in [2.45, 2.75) is 22.9 Å². The van der Waals surface area contributed by atoms with E-state index in [1.165, 1.54) is 0 Å². The van der Waals surface area contributed by atoms with Crippen molar-refractivity contribution in [3.05, 3.63) is 89.6 Å². The predicted molar refractivity (Wildman–Crippen MR) is 90.0 cm³/mol. The molecule has 1 N–H and O–H groups in total. The normalized spacial score (nSPS) is 12.1. The van der Waals surface area contributed by atoms with Crippen LogP contribution in [0.15, 0.2) is 82.8 Å². The number of benzene rings is 2. The van der Waals surface area contributed by atoms with Crippen molar-refractivity contribution in [3.63, 3.8) is 0 Å². The molecule has 2 aromatic carbocycles. The van der Waals surface area contributed by atoms with E-state index in [0.29, 0.717) is 0 Å². The summed E-state index contributed by atoms with van der Waals surface area (Å²) in [5.41, 5.74) is 2.78. The number of aromatic nitrogens is 1. The average Bonchev–Trinajstić information content (AvgIpc) is 2.56. The maximum Gasteiger partial charge on any atom is 0.106 e. The second kappa shape index (κ2) is 6.77. The van der Waals surface area contributed by atoms with Crippen LogP contribution in [0.5, 0.6) is 0 Å². The smallest absolute Gasteiger partial charge is 0.106 e. The van der Waals surface area contributed by atoms with Crippen molar-refractivity contribution in [3.8, 4) is 0 Å². The Hall–Kier alpha value is -2.10. The first kappa shape index (κ1) is 14.8. The molecule has 0 aliphatic heterocycles. The maximum atomic E-state index is 10.5. The van der Waals surface area contributed by atoms with Crippen molar-refractivity contribution in [2.24, 2.45) is 0 Å². The van der Waals surface area contributed by atoms with Crippen LogP contribution in [0.4, 0.5) is 0 Å². The van der Waals surface area contributed by atoms with Crippen LogP contribution in [0, 0.1) is 6.92 Å². The molecule has 3 rings (SSSR count). The Bertz CT molecular complexity index is 744. The van der Waals surface area contributed by atoms with Crippen LogP contribution in [0.25, 0.3) is 0 Å². The molecule has 22 heavy (non-hydrogen) atoms. The lowest BCUT2D eigenvalue weighted by Crippen LogP contribution is -2.03. The summed E-state index contributed by atoms with van der Waals surface area (Å²) in [7, 11) is 0. The van der Waals surface area contributed by atoms with E-state index >= 15 is 0 Å². The minimum absolute atomic E-state index is 0.635. The third-order valence-electron chi connectivity index (χ3n) is 3.50. The summed E-state index contributed by atoms with van der Waals surface area (Å²) >= 11 is 1.63. The van der Waals surface area contributed by atoms with Gasteiger partial charge in [0.15, 0.2) is 0 Å². The molecule has 1 atom stereocenters. The van der Waals surface area contributed by atoms with Gasteiger partial charge in [-0.15, -0.1) is 0 Å². The van der Waals surface area contributed by atoms with Gasteiger partial charge in [0.05, 0.1) is 0 Å². The molecular weight excluding hydrogens is 290 g/mol. The van der Waals surface area contributed by atoms with Crippen LogP contribution in [-0.4, -0.2) is 10.1 Å². The van der Waals surface area contributed by atoms with Gasteiger partial charge in [0.1, 0.15) is 11.1 Å². The molecule has 0 radical (unpaired) electrons. The fourth-order valence-corrected chi connectivity index (χ4v) is 3.18. The van der Waals surface area contributed by atoms with Crippen molar-refractivity contribution in [1.29, 1.82) is 0 Å². The molecule has 0 spiro atoms. The summed E-state index contributed by atoms with van der Waals surface area (Å²) in [6, 6.07) is 21.9. The minimum atomic E-state index is -0.635. The number of rotatable bonds is 4. The van der Waals surface area contributed by atoms with Crippen LogP contribution >= 0.6 is 11.8 Å². The van der Waals surface area contributed by atoms with Crippen molar-refractivity contribution in [2.75, 3.05) is 0 Å². The molecule has 3 heteroatoms. The first-order valence-electron chi connectivity index (χ1n) is 7.16. The quantitative estimate of drug-likeness (QED) is 0.763. The maximum absolute atomic E-state index is 10.5. The van der Waals surface area contributed by atoms with E-state index in [1.807, 2.05) is 61.5 Å². The number of pyridine rings is 1. The third kappa shape index (κ3) is 3.38. The van der Waals surface area contributed by atoms with E-state index in [0.717, 1.165) is 26.6 Å². The van der Waals surface area contributed by atoms with Gasteiger partial charge < -0.3 is 5.11 Å². The van der Waals surface area contributed by atoms with Gasteiger partial charge >= 0.3 is 0 Å². The molecule has 0 bridgehead atoms. The van der Waals surface area contributed by atoms with Crippen LogP contribution in [0.3, 0.4) is 0 Å². The molecule has 0 aliphatic rings. The first-order chi connectivity index (χ1) is 10.7. The number of nitrogens with zero attached hydrogens (tertiary/aromatic N) is 1. The number of hydrogen-bond acceptors (Lipinski definition) is 3. The zero-order valence-electron chi connectivity index (χ0n) is 12.3. The summed E-state index contributed by atoms with van der Waals surface area (Å²) in [5.74, 6) is 0. The highest BCUT2D eigenvalue weighted by Crippen LogP contribution is 2.30. The summed E-state index contributed by atoms with van der Waals surface area (Å²) in [6.07, 6.45) is 1.14. The largest absolute Gasteiger partial charge is 0.384 e. The lowest BCUT2D eigenvalue weighted by Gasteiger charge is -2.14. The minimum Gasteiger partial charge on any atom is -0.384 e. The van der Waals surface area contributed by atoms with Gasteiger partial charge in [-0.1, -0.05) is 60.3 Å². The molecule has 0 fully saturated rings. The van der Waals surface area contributed by atoms with Crippen molar-refractivity contribution < 1.29 is 5.11 Å². The van der Waals surface area contributed by atoms with E-state index in [-0.39, 0.29) is 0 Å². The van der Waals surface area contributed by atoms with Gasteiger partial charge in [-0.25, -0.2) is 4.98 Å². The number of aliphatic hydroxyl groups is 1. The van der Waals surface area contributed by atoms with Gasteiger partial charge in [0.2, 0.25) is 0 Å². The van der Waals surface area contributed by atoms with Crippen molar-refractivity contribution in [1.82, 2.24) is 4.98 Å². The molecule has 0 amide bonds. The molecule has 2 nitrogen and oxygen atoms in total. The highest BCUT2D eigenvalue weighted by Gasteiger charge is 2.13. The van der Waals surface area contributed by atoms with Gasteiger partial charge in [-0.2, -0.15) is 0 Å². The van der Waals surface area contributed by atoms with E-state index in [2.05, 4.69) is 17.1 Å². The van der Waals surface area contributed by atoms with Gasteiger partial charge in [0.25, 0.3) is 0 Å². The Labute approximate surface area is 134 Å². The van der Waals surface area contributed by atoms with Crippen LogP contribution in [0.1, 0.15) is 22.8 Å². The molecule has 1 aromatic heterocycles. The second-order valence-electron chi connectivity index (χ2n) is 5.11. The topological polar surface area (TPSA) is 33.1 Å². The Morgan fingerprint density at radius 1 is 0.955 bits per heavy atom. The first-order valence-corrected chi connectivity index (χ1v) is 7.98. The molecular formula is C19H17NOS. The highest BCUT2D eigenvalue weighted by atomic mass is 32.2. The summed E-state index contributed by atoms with van der Waals surface area (Å²) < 4.78 is 0. The van der Waals surface area contributed by atoms with E-state index < -0.39 is 6.10 Å². The third-order valence-corrected chi connectivity index (χ3v) is 4.44. The van der Waals surface area contributed by atoms with Crippen LogP contribution in [-0.2, 0) is 0 Å². The predicted octanol–water partition coefficient (Wildman–Crippen LogP) is 4.62. The average molecular weight is 307 g/mol. The number of aliphatic hydroxyl groups excluding tert-OH is 1. The lowest BCUT2D eigenvalue weighted by molar-refractivity contribution is 0.219. The molecule has 1 unspecified atom stereocenters. The monoisotopic (exact) mass is 307 g/mol. The number of aryl methyl sites for hydroxylation is 1. The van der Waals surface area contributed by atoms with Gasteiger partial charge in [-0.3, -0.25) is 0 Å². The number of hydrogen-bond donors (Lipinski definition) is 1. The molecule has 0 saturated heterocycles. The standard InChI is InChI=1S/C19H17NOS/c1-14-12-18(22-16-10-6-3-7-11-16)20-13-17(14)19(21)15-8-4-2-5-9-15/h2-13,19,21H,1H3. The lowest BCUT2D eigenvalue weighted by atomic mass is 10.00. The fourth-order valence-electron chi connectivity index (χ4n) is 2.31. The highest BCUT2D eigenvalue weighted by molar-refractivity contribution is 7.99. The molecule has 1 heterocycles. The molecule has 110 valence electrons.